The smallest absolute Gasteiger partial charge is 0.343 e. The number of carbonyl (C=O) groups excluding carboxylic acids is 1. The van der Waals surface area contributed by atoms with Gasteiger partial charge in [0.05, 0.1) is 20.0 Å². The van der Waals surface area contributed by atoms with Crippen molar-refractivity contribution in [1.82, 2.24) is 0 Å². The molecule has 0 aromatic heterocycles. The van der Waals surface area contributed by atoms with Crippen LogP contribution in [-0.2, 0) is 24.6 Å². The van der Waals surface area contributed by atoms with Gasteiger partial charge in [-0.05, 0) is 18.6 Å². The normalized spacial score (nSPS) is 14.1. The van der Waals surface area contributed by atoms with Crippen LogP contribution in [0.4, 0.5) is 0 Å². The van der Waals surface area contributed by atoms with E-state index in [9.17, 15) is 4.79 Å². The highest BCUT2D eigenvalue weighted by Gasteiger charge is 2.41. The van der Waals surface area contributed by atoms with Crippen LogP contribution in [0.25, 0.3) is 0 Å². The van der Waals surface area contributed by atoms with E-state index in [4.69, 9.17) is 14.2 Å². The number of methoxy groups -OCH3 is 2. The fraction of sp³-hybridized carbons (Fsp3) is 0.400. The summed E-state index contributed by atoms with van der Waals surface area (Å²) in [4.78, 5) is 12.3. The zero-order valence-electron chi connectivity index (χ0n) is 11.6. The fourth-order valence-corrected chi connectivity index (χ4v) is 1.87. The average molecular weight is 264 g/mol. The van der Waals surface area contributed by atoms with Crippen LogP contribution in [0.2, 0.25) is 0 Å². The summed E-state index contributed by atoms with van der Waals surface area (Å²) in [5.74, 6) is -0.399. The first-order chi connectivity index (χ1) is 9.21. The van der Waals surface area contributed by atoms with Crippen molar-refractivity contribution < 1.29 is 19.0 Å². The molecule has 0 saturated heterocycles. The molecule has 0 radical (unpaired) electrons. The Morgan fingerprint density at radius 3 is 2.47 bits per heavy atom. The minimum atomic E-state index is -1.13. The van der Waals surface area contributed by atoms with Gasteiger partial charge in [-0.3, -0.25) is 0 Å². The molecule has 0 aliphatic heterocycles. The number of carbonyl (C=O) groups is 1. The van der Waals surface area contributed by atoms with Gasteiger partial charge in [-0.1, -0.05) is 30.3 Å². The maximum Gasteiger partial charge on any atom is 0.343 e. The number of hydrogen-bond donors (Lipinski definition) is 0. The Hall–Kier alpha value is -1.81. The molecule has 0 N–H and O–H groups in total. The van der Waals surface area contributed by atoms with E-state index in [0.29, 0.717) is 13.0 Å². The van der Waals surface area contributed by atoms with Crippen molar-refractivity contribution in [3.63, 3.8) is 0 Å². The summed E-state index contributed by atoms with van der Waals surface area (Å²) in [6.45, 7) is 2.08. The molecule has 1 rings (SSSR count). The molecule has 0 amide bonds. The van der Waals surface area contributed by atoms with Crippen LogP contribution in [-0.4, -0.2) is 26.8 Å². The van der Waals surface area contributed by atoms with E-state index < -0.39 is 11.6 Å². The first kappa shape index (κ1) is 15.2. The Bertz CT molecular complexity index is 413. The predicted molar refractivity (Wildman–Crippen MR) is 72.5 cm³/mol. The monoisotopic (exact) mass is 264 g/mol. The number of esters is 1. The maximum atomic E-state index is 12.3. The minimum Gasteiger partial charge on any atom is -0.505 e. The molecule has 104 valence electrons. The van der Waals surface area contributed by atoms with Gasteiger partial charge in [0, 0.05) is 13.5 Å². The molecule has 1 aromatic rings. The van der Waals surface area contributed by atoms with Crippen LogP contribution in [0.3, 0.4) is 0 Å². The quantitative estimate of drug-likeness (QED) is 0.561. The third-order valence-corrected chi connectivity index (χ3v) is 2.83. The molecule has 0 aliphatic carbocycles. The lowest BCUT2D eigenvalue weighted by atomic mass is 9.90. The van der Waals surface area contributed by atoms with Crippen LogP contribution >= 0.6 is 0 Å². The van der Waals surface area contributed by atoms with Crippen molar-refractivity contribution in [2.24, 2.45) is 0 Å². The summed E-state index contributed by atoms with van der Waals surface area (Å²) in [5.41, 5.74) is -0.372. The second-order valence-electron chi connectivity index (χ2n) is 3.93. The molecule has 0 bridgehead atoms. The van der Waals surface area contributed by atoms with Crippen LogP contribution in [0.5, 0.6) is 0 Å². The highest BCUT2D eigenvalue weighted by Crippen LogP contribution is 2.31. The van der Waals surface area contributed by atoms with Crippen molar-refractivity contribution in [2.75, 3.05) is 20.8 Å². The van der Waals surface area contributed by atoms with Crippen molar-refractivity contribution in [3.8, 4) is 0 Å². The van der Waals surface area contributed by atoms with Gasteiger partial charge in [-0.25, -0.2) is 4.79 Å². The van der Waals surface area contributed by atoms with E-state index in [1.54, 1.807) is 20.1 Å². The van der Waals surface area contributed by atoms with Crippen LogP contribution < -0.4 is 0 Å². The minimum absolute atomic E-state index is 0.310. The lowest BCUT2D eigenvalue weighted by molar-refractivity contribution is -0.170. The molecule has 4 heteroatoms. The third-order valence-electron chi connectivity index (χ3n) is 2.83. The summed E-state index contributed by atoms with van der Waals surface area (Å²) in [6, 6.07) is 9.31. The first-order valence-electron chi connectivity index (χ1n) is 6.17. The molecule has 4 nitrogen and oxygen atoms in total. The number of rotatable bonds is 7. The van der Waals surface area contributed by atoms with E-state index >= 15 is 0 Å². The summed E-state index contributed by atoms with van der Waals surface area (Å²) in [7, 11) is 3.06. The lowest BCUT2D eigenvalue weighted by Crippen LogP contribution is -2.39. The standard InChI is InChI=1S/C15H20O4/c1-4-19-14(16)15(18-3,11-8-12-17-2)13-9-6-5-7-10-13/h5-10,12H,4,11H2,1-3H3/b12-8-. The highest BCUT2D eigenvalue weighted by atomic mass is 16.6. The zero-order chi connectivity index (χ0) is 14.1. The zero-order valence-corrected chi connectivity index (χ0v) is 11.6. The van der Waals surface area contributed by atoms with Crippen molar-refractivity contribution in [2.45, 2.75) is 18.9 Å². The van der Waals surface area contributed by atoms with E-state index in [1.807, 2.05) is 30.3 Å². The predicted octanol–water partition coefficient (Wildman–Crippen LogP) is 2.64. The average Bonchev–Trinajstić information content (AvgIpc) is 2.45. The van der Waals surface area contributed by atoms with Crippen molar-refractivity contribution in [1.29, 1.82) is 0 Å². The van der Waals surface area contributed by atoms with Crippen molar-refractivity contribution >= 4 is 5.97 Å². The summed E-state index contributed by atoms with van der Waals surface area (Å²) < 4.78 is 15.5. The molecule has 0 spiro atoms. The molecular weight excluding hydrogens is 244 g/mol. The number of benzene rings is 1. The van der Waals surface area contributed by atoms with Gasteiger partial charge in [0.2, 0.25) is 0 Å². The van der Waals surface area contributed by atoms with Crippen LogP contribution in [0, 0.1) is 0 Å². The van der Waals surface area contributed by atoms with Crippen molar-refractivity contribution in [3.05, 3.63) is 48.2 Å². The topological polar surface area (TPSA) is 44.8 Å². The molecule has 1 unspecified atom stereocenters. The molecule has 0 fully saturated rings. The Morgan fingerprint density at radius 2 is 1.95 bits per heavy atom. The molecule has 1 atom stereocenters. The molecule has 0 heterocycles. The second-order valence-corrected chi connectivity index (χ2v) is 3.93. The Kier molecular flexibility index (Phi) is 6.09. The SMILES string of the molecule is CCOC(=O)C(C/C=C\OC)(OC)c1ccccc1. The van der Waals surface area contributed by atoms with Gasteiger partial charge in [0.1, 0.15) is 0 Å². The summed E-state index contributed by atoms with van der Waals surface area (Å²) in [5, 5.41) is 0. The number of ether oxygens (including phenoxy) is 3. The molecule has 19 heavy (non-hydrogen) atoms. The van der Waals surface area contributed by atoms with Gasteiger partial charge in [-0.2, -0.15) is 0 Å². The third kappa shape index (κ3) is 3.58. The molecule has 0 aliphatic rings. The number of hydrogen-bond acceptors (Lipinski definition) is 4. The molecule has 0 saturated carbocycles. The molecule has 1 aromatic carbocycles. The van der Waals surface area contributed by atoms with Crippen LogP contribution in [0.15, 0.2) is 42.7 Å². The summed E-state index contributed by atoms with van der Waals surface area (Å²) >= 11 is 0. The second kappa shape index (κ2) is 7.59. The Labute approximate surface area is 114 Å². The Balaban J connectivity index is 3.13. The van der Waals surface area contributed by atoms with Gasteiger partial charge in [0.15, 0.2) is 5.60 Å². The van der Waals surface area contributed by atoms with Gasteiger partial charge >= 0.3 is 5.97 Å². The maximum absolute atomic E-state index is 12.3. The lowest BCUT2D eigenvalue weighted by Gasteiger charge is -2.29. The Morgan fingerprint density at radius 1 is 1.26 bits per heavy atom. The van der Waals surface area contributed by atoms with E-state index in [0.717, 1.165) is 5.56 Å². The van der Waals surface area contributed by atoms with Gasteiger partial charge < -0.3 is 14.2 Å². The fourth-order valence-electron chi connectivity index (χ4n) is 1.87. The van der Waals surface area contributed by atoms with Gasteiger partial charge in [0.25, 0.3) is 0 Å². The van der Waals surface area contributed by atoms with E-state index in [-0.39, 0.29) is 0 Å². The van der Waals surface area contributed by atoms with E-state index in [1.165, 1.54) is 13.4 Å². The summed E-state index contributed by atoms with van der Waals surface area (Å²) in [6.07, 6.45) is 3.61. The van der Waals surface area contributed by atoms with Crippen LogP contribution in [0.1, 0.15) is 18.9 Å². The first-order valence-corrected chi connectivity index (χ1v) is 6.17. The molecular formula is C15H20O4. The largest absolute Gasteiger partial charge is 0.505 e. The van der Waals surface area contributed by atoms with E-state index in [2.05, 4.69) is 0 Å². The highest BCUT2D eigenvalue weighted by molar-refractivity contribution is 5.81. The van der Waals surface area contributed by atoms with Gasteiger partial charge in [-0.15, -0.1) is 0 Å².